The van der Waals surface area contributed by atoms with Crippen molar-refractivity contribution >= 4 is 11.5 Å². The molecule has 0 amide bonds. The van der Waals surface area contributed by atoms with E-state index in [1.807, 2.05) is 22.9 Å². The molecule has 0 aliphatic carbocycles. The highest BCUT2D eigenvalue weighted by molar-refractivity contribution is 5.89. The number of aromatic nitrogens is 2. The van der Waals surface area contributed by atoms with Crippen LogP contribution in [0.4, 0.5) is 0 Å². The lowest BCUT2D eigenvalue weighted by Crippen LogP contribution is -2.31. The lowest BCUT2D eigenvalue weighted by atomic mass is 9.93. The molecule has 0 unspecified atom stereocenters. The number of hydrogen-bond acceptors (Lipinski definition) is 4. The predicted octanol–water partition coefficient (Wildman–Crippen LogP) is 2.01. The Morgan fingerprint density at radius 3 is 2.86 bits per heavy atom. The van der Waals surface area contributed by atoms with Gasteiger partial charge in [0.25, 0.3) is 0 Å². The number of carbonyl (C=O) groups excluding carboxylic acids is 1. The maximum Gasteiger partial charge on any atom is 0.339 e. The third kappa shape index (κ3) is 2.93. The van der Waals surface area contributed by atoms with Crippen molar-refractivity contribution in [3.05, 3.63) is 35.9 Å². The van der Waals surface area contributed by atoms with Crippen molar-refractivity contribution in [2.75, 3.05) is 27.2 Å². The summed E-state index contributed by atoms with van der Waals surface area (Å²) in [6.07, 6.45) is 7.08. The van der Waals surface area contributed by atoms with Crippen LogP contribution in [0.1, 0.15) is 29.0 Å². The first-order valence-corrected chi connectivity index (χ1v) is 7.40. The molecule has 5 nitrogen and oxygen atoms in total. The molecule has 0 N–H and O–H groups in total. The van der Waals surface area contributed by atoms with Gasteiger partial charge in [-0.25, -0.2) is 9.78 Å². The zero-order valence-corrected chi connectivity index (χ0v) is 12.6. The molecule has 3 rings (SSSR count). The van der Waals surface area contributed by atoms with Crippen molar-refractivity contribution in [1.82, 2.24) is 14.3 Å². The first kappa shape index (κ1) is 14.1. The van der Waals surface area contributed by atoms with Gasteiger partial charge in [-0.15, -0.1) is 0 Å². The van der Waals surface area contributed by atoms with Crippen molar-refractivity contribution in [3.63, 3.8) is 0 Å². The molecule has 3 heterocycles. The summed E-state index contributed by atoms with van der Waals surface area (Å²) in [5.41, 5.74) is 1.58. The van der Waals surface area contributed by atoms with Crippen LogP contribution >= 0.6 is 0 Å². The van der Waals surface area contributed by atoms with Crippen molar-refractivity contribution in [2.24, 2.45) is 5.92 Å². The second-order valence-electron chi connectivity index (χ2n) is 5.83. The van der Waals surface area contributed by atoms with Crippen LogP contribution in [-0.2, 0) is 11.2 Å². The molecule has 5 heteroatoms. The lowest BCUT2D eigenvalue weighted by molar-refractivity contribution is 0.0600. The Kier molecular flexibility index (Phi) is 3.92. The van der Waals surface area contributed by atoms with Gasteiger partial charge in [-0.1, -0.05) is 0 Å². The number of methoxy groups -OCH3 is 1. The zero-order valence-electron chi connectivity index (χ0n) is 12.6. The Labute approximate surface area is 124 Å². The van der Waals surface area contributed by atoms with E-state index >= 15 is 0 Å². The lowest BCUT2D eigenvalue weighted by Gasteiger charge is -2.28. The first-order chi connectivity index (χ1) is 10.2. The number of imidazole rings is 1. The van der Waals surface area contributed by atoms with Crippen molar-refractivity contribution in [3.8, 4) is 0 Å². The van der Waals surface area contributed by atoms with Gasteiger partial charge in [0.2, 0.25) is 0 Å². The number of likely N-dealkylation sites (tertiary alicyclic amines) is 1. The molecule has 112 valence electrons. The molecule has 0 spiro atoms. The van der Waals surface area contributed by atoms with E-state index in [1.165, 1.54) is 20.0 Å². The minimum absolute atomic E-state index is 0.309. The Morgan fingerprint density at radius 1 is 1.38 bits per heavy atom. The van der Waals surface area contributed by atoms with E-state index in [-0.39, 0.29) is 5.97 Å². The summed E-state index contributed by atoms with van der Waals surface area (Å²) in [5.74, 6) is 1.40. The van der Waals surface area contributed by atoms with Crippen molar-refractivity contribution in [1.29, 1.82) is 0 Å². The Morgan fingerprint density at radius 2 is 2.14 bits per heavy atom. The van der Waals surface area contributed by atoms with Crippen LogP contribution in [0.5, 0.6) is 0 Å². The summed E-state index contributed by atoms with van der Waals surface area (Å²) in [4.78, 5) is 18.6. The number of piperidine rings is 1. The number of pyridine rings is 1. The molecule has 0 radical (unpaired) electrons. The molecule has 2 aromatic heterocycles. The summed E-state index contributed by atoms with van der Waals surface area (Å²) in [7, 11) is 3.57. The monoisotopic (exact) mass is 287 g/mol. The summed E-state index contributed by atoms with van der Waals surface area (Å²) < 4.78 is 6.80. The molecular weight excluding hydrogens is 266 g/mol. The van der Waals surface area contributed by atoms with Crippen LogP contribution < -0.4 is 0 Å². The van der Waals surface area contributed by atoms with Crippen LogP contribution in [0.3, 0.4) is 0 Å². The van der Waals surface area contributed by atoms with Gasteiger partial charge in [0.05, 0.1) is 24.4 Å². The largest absolute Gasteiger partial charge is 0.465 e. The zero-order chi connectivity index (χ0) is 14.8. The molecule has 0 aromatic carbocycles. The summed E-state index contributed by atoms with van der Waals surface area (Å²) in [6.45, 7) is 2.31. The number of fused-ring (bicyclic) bond motifs is 1. The molecule has 1 saturated heterocycles. The quantitative estimate of drug-likeness (QED) is 0.810. The molecule has 21 heavy (non-hydrogen) atoms. The fourth-order valence-corrected chi connectivity index (χ4v) is 2.96. The van der Waals surface area contributed by atoms with E-state index in [0.717, 1.165) is 30.9 Å². The maximum atomic E-state index is 11.7. The Balaban J connectivity index is 1.83. The highest BCUT2D eigenvalue weighted by Crippen LogP contribution is 2.21. The minimum Gasteiger partial charge on any atom is -0.465 e. The Hall–Kier alpha value is -1.88. The molecule has 0 saturated carbocycles. The summed E-state index contributed by atoms with van der Waals surface area (Å²) in [5, 5.41) is 0. The van der Waals surface area contributed by atoms with Gasteiger partial charge in [-0.05, 0) is 51.0 Å². The fourth-order valence-electron chi connectivity index (χ4n) is 2.96. The second-order valence-corrected chi connectivity index (χ2v) is 5.83. The molecule has 1 fully saturated rings. The maximum absolute atomic E-state index is 11.7. The van der Waals surface area contributed by atoms with E-state index in [9.17, 15) is 4.79 Å². The molecule has 0 atom stereocenters. The van der Waals surface area contributed by atoms with Gasteiger partial charge in [0, 0.05) is 12.6 Å². The van der Waals surface area contributed by atoms with E-state index < -0.39 is 0 Å². The van der Waals surface area contributed by atoms with Crippen molar-refractivity contribution < 1.29 is 9.53 Å². The second kappa shape index (κ2) is 5.85. The smallest absolute Gasteiger partial charge is 0.339 e. The molecule has 1 aliphatic heterocycles. The fraction of sp³-hybridized carbons (Fsp3) is 0.500. The Bertz CT molecular complexity index is 642. The topological polar surface area (TPSA) is 46.8 Å². The molecule has 1 aliphatic rings. The van der Waals surface area contributed by atoms with Crippen LogP contribution in [0.15, 0.2) is 24.5 Å². The van der Waals surface area contributed by atoms with E-state index in [4.69, 9.17) is 4.74 Å². The molecular formula is C16H21N3O2. The predicted molar refractivity (Wildman–Crippen MR) is 80.5 cm³/mol. The van der Waals surface area contributed by atoms with Crippen LogP contribution in [0, 0.1) is 5.92 Å². The van der Waals surface area contributed by atoms with E-state index in [0.29, 0.717) is 11.5 Å². The number of esters is 1. The molecule has 2 aromatic rings. The first-order valence-electron chi connectivity index (χ1n) is 7.40. The van der Waals surface area contributed by atoms with Gasteiger partial charge in [-0.3, -0.25) is 0 Å². The van der Waals surface area contributed by atoms with Gasteiger partial charge in [-0.2, -0.15) is 0 Å². The standard InChI is InChI=1S/C16H21N3O2/c1-18-7-5-12(6-8-18)9-15-17-10-14-4-3-13(11-19(14)15)16(20)21-2/h3-4,10-12H,5-9H2,1-2H3. The normalized spacial score (nSPS) is 17.2. The number of nitrogens with zero attached hydrogens (tertiary/aromatic N) is 3. The van der Waals surface area contributed by atoms with Crippen LogP contribution in [0.2, 0.25) is 0 Å². The highest BCUT2D eigenvalue weighted by Gasteiger charge is 2.19. The van der Waals surface area contributed by atoms with Gasteiger partial charge in [0.15, 0.2) is 0 Å². The average Bonchev–Trinajstić information content (AvgIpc) is 2.91. The van der Waals surface area contributed by atoms with Crippen LogP contribution in [-0.4, -0.2) is 47.5 Å². The highest BCUT2D eigenvalue weighted by atomic mass is 16.5. The number of carbonyl (C=O) groups is 1. The summed E-state index contributed by atoms with van der Waals surface area (Å²) in [6, 6.07) is 3.69. The number of rotatable bonds is 3. The van der Waals surface area contributed by atoms with E-state index in [1.54, 1.807) is 6.07 Å². The SMILES string of the molecule is COC(=O)c1ccc2cnc(CC3CCN(C)CC3)n2c1. The van der Waals surface area contributed by atoms with Gasteiger partial charge in [0.1, 0.15) is 5.82 Å². The molecule has 0 bridgehead atoms. The third-order valence-corrected chi connectivity index (χ3v) is 4.33. The van der Waals surface area contributed by atoms with E-state index in [2.05, 4.69) is 16.9 Å². The minimum atomic E-state index is -0.309. The third-order valence-electron chi connectivity index (χ3n) is 4.33. The van der Waals surface area contributed by atoms with Crippen molar-refractivity contribution in [2.45, 2.75) is 19.3 Å². The van der Waals surface area contributed by atoms with Crippen LogP contribution in [0.25, 0.3) is 5.52 Å². The number of ether oxygens (including phenoxy) is 1. The average molecular weight is 287 g/mol. The number of hydrogen-bond donors (Lipinski definition) is 0. The van der Waals surface area contributed by atoms with Gasteiger partial charge < -0.3 is 14.0 Å². The summed E-state index contributed by atoms with van der Waals surface area (Å²) >= 11 is 0. The van der Waals surface area contributed by atoms with Gasteiger partial charge >= 0.3 is 5.97 Å².